The number of carbonyl (C=O) groups is 1. The first-order valence-electron chi connectivity index (χ1n) is 7.05. The van der Waals surface area contributed by atoms with Gasteiger partial charge < -0.3 is 11.1 Å². The van der Waals surface area contributed by atoms with Crippen LogP contribution in [0.3, 0.4) is 0 Å². The molecule has 0 heterocycles. The molecule has 0 saturated heterocycles. The highest BCUT2D eigenvalue weighted by molar-refractivity contribution is 5.81. The average Bonchev–Trinajstić information content (AvgIpc) is 2.42. The standard InChI is InChI=1S/C14H28N2O/c1-10(2)9-13(15)14(17)16-12-6-4-5-11(3)7-8-12/h10-13H,4-9,15H2,1-3H3,(H,16,17)/t11?,12?,13-/m1/s1. The monoisotopic (exact) mass is 240 g/mol. The van der Waals surface area contributed by atoms with Crippen LogP contribution >= 0.6 is 0 Å². The molecule has 1 aliphatic carbocycles. The number of hydrogen-bond donors (Lipinski definition) is 2. The molecule has 100 valence electrons. The predicted molar refractivity (Wildman–Crippen MR) is 71.6 cm³/mol. The number of nitrogens with one attached hydrogen (secondary N) is 1. The maximum atomic E-state index is 11.9. The summed E-state index contributed by atoms with van der Waals surface area (Å²) >= 11 is 0. The van der Waals surface area contributed by atoms with Crippen LogP contribution < -0.4 is 11.1 Å². The highest BCUT2D eigenvalue weighted by Gasteiger charge is 2.21. The average molecular weight is 240 g/mol. The Morgan fingerprint density at radius 2 is 2.00 bits per heavy atom. The van der Waals surface area contributed by atoms with Crippen LogP contribution in [0.15, 0.2) is 0 Å². The Bertz CT molecular complexity index is 240. The van der Waals surface area contributed by atoms with Crippen LogP contribution in [0.4, 0.5) is 0 Å². The molecule has 0 aliphatic heterocycles. The first kappa shape index (κ1) is 14.5. The van der Waals surface area contributed by atoms with Crippen molar-refractivity contribution in [2.75, 3.05) is 0 Å². The highest BCUT2D eigenvalue weighted by atomic mass is 16.2. The Morgan fingerprint density at radius 1 is 1.29 bits per heavy atom. The second kappa shape index (κ2) is 7.00. The van der Waals surface area contributed by atoms with Crippen LogP contribution in [0.2, 0.25) is 0 Å². The summed E-state index contributed by atoms with van der Waals surface area (Å²) in [6.45, 7) is 6.50. The zero-order chi connectivity index (χ0) is 12.8. The van der Waals surface area contributed by atoms with Crippen LogP contribution in [-0.4, -0.2) is 18.0 Å². The molecule has 3 heteroatoms. The predicted octanol–water partition coefficient (Wildman–Crippen LogP) is 2.44. The van der Waals surface area contributed by atoms with Crippen LogP contribution in [-0.2, 0) is 4.79 Å². The van der Waals surface area contributed by atoms with E-state index >= 15 is 0 Å². The number of rotatable bonds is 4. The van der Waals surface area contributed by atoms with Crippen LogP contribution in [0, 0.1) is 11.8 Å². The molecule has 0 aromatic rings. The van der Waals surface area contributed by atoms with Crippen LogP contribution in [0.5, 0.6) is 0 Å². The van der Waals surface area contributed by atoms with Gasteiger partial charge in [-0.05, 0) is 37.5 Å². The normalized spacial score (nSPS) is 27.6. The summed E-state index contributed by atoms with van der Waals surface area (Å²) in [5, 5.41) is 3.12. The minimum Gasteiger partial charge on any atom is -0.352 e. The summed E-state index contributed by atoms with van der Waals surface area (Å²) in [7, 11) is 0. The van der Waals surface area contributed by atoms with E-state index in [1.807, 2.05) is 0 Å². The van der Waals surface area contributed by atoms with Gasteiger partial charge >= 0.3 is 0 Å². The zero-order valence-corrected chi connectivity index (χ0v) is 11.5. The summed E-state index contributed by atoms with van der Waals surface area (Å²) in [4.78, 5) is 11.9. The van der Waals surface area contributed by atoms with Gasteiger partial charge in [0, 0.05) is 6.04 Å². The van der Waals surface area contributed by atoms with Gasteiger partial charge in [-0.25, -0.2) is 0 Å². The fourth-order valence-corrected chi connectivity index (χ4v) is 2.55. The maximum absolute atomic E-state index is 11.9. The SMILES string of the molecule is CC(C)C[C@@H](N)C(=O)NC1CCCC(C)CC1. The van der Waals surface area contributed by atoms with E-state index in [2.05, 4.69) is 26.1 Å². The van der Waals surface area contributed by atoms with Crippen molar-refractivity contribution >= 4 is 5.91 Å². The lowest BCUT2D eigenvalue weighted by molar-refractivity contribution is -0.123. The Balaban J connectivity index is 2.34. The fraction of sp³-hybridized carbons (Fsp3) is 0.929. The van der Waals surface area contributed by atoms with E-state index in [1.54, 1.807) is 0 Å². The van der Waals surface area contributed by atoms with E-state index in [-0.39, 0.29) is 11.9 Å². The molecule has 1 saturated carbocycles. The molecular weight excluding hydrogens is 212 g/mol. The van der Waals surface area contributed by atoms with E-state index in [1.165, 1.54) is 19.3 Å². The molecule has 0 bridgehead atoms. The van der Waals surface area contributed by atoms with Crippen molar-refractivity contribution < 1.29 is 4.79 Å². The first-order chi connectivity index (χ1) is 7.99. The molecule has 0 aromatic heterocycles. The topological polar surface area (TPSA) is 55.1 Å². The molecule has 0 radical (unpaired) electrons. The van der Waals surface area contributed by atoms with Crippen molar-refractivity contribution in [1.29, 1.82) is 0 Å². The Hall–Kier alpha value is -0.570. The highest BCUT2D eigenvalue weighted by Crippen LogP contribution is 2.22. The third-order valence-corrected chi connectivity index (χ3v) is 3.67. The lowest BCUT2D eigenvalue weighted by Crippen LogP contribution is -2.45. The number of carbonyl (C=O) groups excluding carboxylic acids is 1. The quantitative estimate of drug-likeness (QED) is 0.742. The van der Waals surface area contributed by atoms with Gasteiger partial charge in [-0.15, -0.1) is 0 Å². The molecule has 0 aromatic carbocycles. The fourth-order valence-electron chi connectivity index (χ4n) is 2.55. The van der Waals surface area contributed by atoms with Gasteiger partial charge in [-0.3, -0.25) is 4.79 Å². The Labute approximate surface area is 106 Å². The molecule has 1 rings (SSSR count). The second-order valence-electron chi connectivity index (χ2n) is 6.05. The minimum atomic E-state index is -0.337. The van der Waals surface area contributed by atoms with Crippen molar-refractivity contribution in [3.63, 3.8) is 0 Å². The zero-order valence-electron chi connectivity index (χ0n) is 11.5. The van der Waals surface area contributed by atoms with Crippen LogP contribution in [0.1, 0.15) is 59.3 Å². The Morgan fingerprint density at radius 3 is 2.65 bits per heavy atom. The molecule has 3 atom stereocenters. The molecule has 1 fully saturated rings. The molecule has 17 heavy (non-hydrogen) atoms. The van der Waals surface area contributed by atoms with Crippen molar-refractivity contribution in [3.8, 4) is 0 Å². The molecule has 3 N–H and O–H groups in total. The number of hydrogen-bond acceptors (Lipinski definition) is 2. The smallest absolute Gasteiger partial charge is 0.237 e. The third-order valence-electron chi connectivity index (χ3n) is 3.67. The van der Waals surface area contributed by atoms with E-state index < -0.39 is 0 Å². The summed E-state index contributed by atoms with van der Waals surface area (Å²) in [6, 6.07) is 0.0151. The second-order valence-corrected chi connectivity index (χ2v) is 6.05. The lowest BCUT2D eigenvalue weighted by Gasteiger charge is -2.20. The van der Waals surface area contributed by atoms with Crippen LogP contribution in [0.25, 0.3) is 0 Å². The summed E-state index contributed by atoms with van der Waals surface area (Å²) in [6.07, 6.45) is 6.75. The lowest BCUT2D eigenvalue weighted by atomic mass is 10.0. The minimum absolute atomic E-state index is 0.0400. The third kappa shape index (κ3) is 5.53. The molecule has 0 spiro atoms. The van der Waals surface area contributed by atoms with Gasteiger partial charge in [0.1, 0.15) is 0 Å². The molecular formula is C14H28N2O. The van der Waals surface area contributed by atoms with Gasteiger partial charge in [-0.2, -0.15) is 0 Å². The van der Waals surface area contributed by atoms with Gasteiger partial charge in [0.15, 0.2) is 0 Å². The van der Waals surface area contributed by atoms with Gasteiger partial charge in [0.05, 0.1) is 6.04 Å². The Kier molecular flexibility index (Phi) is 5.96. The first-order valence-corrected chi connectivity index (χ1v) is 7.05. The maximum Gasteiger partial charge on any atom is 0.237 e. The van der Waals surface area contributed by atoms with Gasteiger partial charge in [0.2, 0.25) is 5.91 Å². The van der Waals surface area contributed by atoms with E-state index in [0.717, 1.165) is 25.2 Å². The number of amides is 1. The largest absolute Gasteiger partial charge is 0.352 e. The van der Waals surface area contributed by atoms with Crippen molar-refractivity contribution in [2.24, 2.45) is 17.6 Å². The summed E-state index contributed by atoms with van der Waals surface area (Å²) in [5.41, 5.74) is 5.89. The number of nitrogens with two attached hydrogens (primary N) is 1. The van der Waals surface area contributed by atoms with Gasteiger partial charge in [-0.1, -0.05) is 33.6 Å². The van der Waals surface area contributed by atoms with Gasteiger partial charge in [0.25, 0.3) is 0 Å². The van der Waals surface area contributed by atoms with Crippen molar-refractivity contribution in [1.82, 2.24) is 5.32 Å². The van der Waals surface area contributed by atoms with E-state index in [0.29, 0.717) is 12.0 Å². The molecule has 1 amide bonds. The molecule has 1 aliphatic rings. The molecule has 2 unspecified atom stereocenters. The summed E-state index contributed by atoms with van der Waals surface area (Å²) < 4.78 is 0. The van der Waals surface area contributed by atoms with E-state index in [9.17, 15) is 4.79 Å². The van der Waals surface area contributed by atoms with Crippen molar-refractivity contribution in [3.05, 3.63) is 0 Å². The molecule has 3 nitrogen and oxygen atoms in total. The summed E-state index contributed by atoms with van der Waals surface area (Å²) in [5.74, 6) is 1.32. The van der Waals surface area contributed by atoms with E-state index in [4.69, 9.17) is 5.73 Å². The van der Waals surface area contributed by atoms with Crippen molar-refractivity contribution in [2.45, 2.75) is 71.4 Å².